The van der Waals surface area contributed by atoms with Gasteiger partial charge in [-0.05, 0) is 61.7 Å². The van der Waals surface area contributed by atoms with E-state index in [-0.39, 0.29) is 18.1 Å². The van der Waals surface area contributed by atoms with E-state index in [2.05, 4.69) is 10.3 Å². The number of ether oxygens (including phenoxy) is 1. The van der Waals surface area contributed by atoms with Gasteiger partial charge in [0.15, 0.2) is 0 Å². The number of carbonyl (C=O) groups is 1. The fourth-order valence-electron chi connectivity index (χ4n) is 3.94. The van der Waals surface area contributed by atoms with Crippen molar-refractivity contribution in [3.05, 3.63) is 64.3 Å². The van der Waals surface area contributed by atoms with Crippen LogP contribution in [0.25, 0.3) is 10.9 Å². The van der Waals surface area contributed by atoms with E-state index >= 15 is 0 Å². The predicted molar refractivity (Wildman–Crippen MR) is 112 cm³/mol. The Morgan fingerprint density at radius 2 is 2.00 bits per heavy atom. The molecular formula is C22H24ClN3O2. The second kappa shape index (κ2) is 7.40. The molecule has 0 aliphatic carbocycles. The average Bonchev–Trinajstić information content (AvgIpc) is 3.04. The zero-order chi connectivity index (χ0) is 19.8. The van der Waals surface area contributed by atoms with E-state index in [1.807, 2.05) is 61.2 Å². The maximum absolute atomic E-state index is 12.9. The fourth-order valence-corrected chi connectivity index (χ4v) is 4.11. The smallest absolute Gasteiger partial charge is 0.318 e. The molecule has 0 saturated heterocycles. The van der Waals surface area contributed by atoms with Crippen LogP contribution in [0.5, 0.6) is 5.75 Å². The van der Waals surface area contributed by atoms with Gasteiger partial charge < -0.3 is 19.9 Å². The van der Waals surface area contributed by atoms with Crippen molar-refractivity contribution in [3.63, 3.8) is 0 Å². The SMILES string of the molecule is COc1ccc(C2c3[nH]c4ccc(Cl)cc4c3CCN2C(=O)NC(C)C)cc1. The number of halogens is 1. The van der Waals surface area contributed by atoms with Gasteiger partial charge in [-0.25, -0.2) is 4.79 Å². The molecule has 0 spiro atoms. The van der Waals surface area contributed by atoms with Gasteiger partial charge in [0.2, 0.25) is 0 Å². The molecule has 2 amide bonds. The second-order valence-corrected chi connectivity index (χ2v) is 7.87. The average molecular weight is 398 g/mol. The number of urea groups is 1. The Morgan fingerprint density at radius 1 is 1.25 bits per heavy atom. The molecule has 0 fully saturated rings. The number of aromatic nitrogens is 1. The van der Waals surface area contributed by atoms with Gasteiger partial charge in [0.1, 0.15) is 5.75 Å². The maximum Gasteiger partial charge on any atom is 0.318 e. The van der Waals surface area contributed by atoms with Crippen molar-refractivity contribution in [2.75, 3.05) is 13.7 Å². The van der Waals surface area contributed by atoms with Crippen LogP contribution in [0.4, 0.5) is 4.79 Å². The van der Waals surface area contributed by atoms with Crippen LogP contribution in [0, 0.1) is 0 Å². The first-order chi connectivity index (χ1) is 13.5. The minimum Gasteiger partial charge on any atom is -0.497 e. The summed E-state index contributed by atoms with van der Waals surface area (Å²) in [6.07, 6.45) is 0.786. The van der Waals surface area contributed by atoms with Crippen LogP contribution < -0.4 is 10.1 Å². The lowest BCUT2D eigenvalue weighted by atomic mass is 9.92. The molecule has 28 heavy (non-hydrogen) atoms. The number of carbonyl (C=O) groups excluding carboxylic acids is 1. The summed E-state index contributed by atoms with van der Waals surface area (Å²) in [5, 5.41) is 4.88. The van der Waals surface area contributed by atoms with Crippen molar-refractivity contribution in [1.82, 2.24) is 15.2 Å². The Hall–Kier alpha value is -2.66. The molecule has 1 aliphatic heterocycles. The summed E-state index contributed by atoms with van der Waals surface area (Å²) >= 11 is 6.24. The van der Waals surface area contributed by atoms with Crippen molar-refractivity contribution in [3.8, 4) is 5.75 Å². The van der Waals surface area contributed by atoms with Crippen LogP contribution in [0.1, 0.15) is 36.7 Å². The Morgan fingerprint density at radius 3 is 2.68 bits per heavy atom. The lowest BCUT2D eigenvalue weighted by molar-refractivity contribution is 0.177. The number of benzene rings is 2. The molecule has 1 atom stereocenters. The summed E-state index contributed by atoms with van der Waals surface area (Å²) in [7, 11) is 1.65. The molecular weight excluding hydrogens is 374 g/mol. The molecule has 0 saturated carbocycles. The highest BCUT2D eigenvalue weighted by atomic mass is 35.5. The van der Waals surface area contributed by atoms with Gasteiger partial charge in [-0.1, -0.05) is 23.7 Å². The number of nitrogens with zero attached hydrogens (tertiary/aromatic N) is 1. The third-order valence-corrected chi connectivity index (χ3v) is 5.43. The van der Waals surface area contributed by atoms with Gasteiger partial charge in [-0.2, -0.15) is 0 Å². The fraction of sp³-hybridized carbons (Fsp3) is 0.318. The standard InChI is InChI=1S/C22H24ClN3O2/c1-13(2)24-22(27)26-11-10-17-18-12-15(23)6-9-19(18)25-20(17)21(26)14-4-7-16(28-3)8-5-14/h4-9,12-13,21,25H,10-11H2,1-3H3,(H,24,27). The number of amides is 2. The third-order valence-electron chi connectivity index (χ3n) is 5.19. The predicted octanol–water partition coefficient (Wildman–Crippen LogP) is 4.90. The molecule has 0 bridgehead atoms. The number of H-pyrrole nitrogens is 1. The quantitative estimate of drug-likeness (QED) is 0.660. The monoisotopic (exact) mass is 397 g/mol. The van der Waals surface area contributed by atoms with Crippen LogP contribution in [0.2, 0.25) is 5.02 Å². The van der Waals surface area contributed by atoms with E-state index in [9.17, 15) is 4.79 Å². The molecule has 1 unspecified atom stereocenters. The van der Waals surface area contributed by atoms with E-state index in [0.29, 0.717) is 6.54 Å². The maximum atomic E-state index is 12.9. The van der Waals surface area contributed by atoms with E-state index in [4.69, 9.17) is 16.3 Å². The Balaban J connectivity index is 1.84. The van der Waals surface area contributed by atoms with Crippen molar-refractivity contribution < 1.29 is 9.53 Å². The van der Waals surface area contributed by atoms with Crippen molar-refractivity contribution >= 4 is 28.5 Å². The van der Waals surface area contributed by atoms with Gasteiger partial charge in [0, 0.05) is 34.2 Å². The van der Waals surface area contributed by atoms with Gasteiger partial charge in [0.25, 0.3) is 0 Å². The summed E-state index contributed by atoms with van der Waals surface area (Å²) in [4.78, 5) is 18.4. The summed E-state index contributed by atoms with van der Waals surface area (Å²) in [6, 6.07) is 13.6. The van der Waals surface area contributed by atoms with E-state index in [1.165, 1.54) is 5.56 Å². The van der Waals surface area contributed by atoms with Crippen LogP contribution in [-0.4, -0.2) is 35.6 Å². The minimum atomic E-state index is -0.195. The molecule has 0 radical (unpaired) electrons. The molecule has 1 aliphatic rings. The summed E-state index contributed by atoms with van der Waals surface area (Å²) in [5.74, 6) is 0.793. The first-order valence-corrected chi connectivity index (χ1v) is 9.87. The van der Waals surface area contributed by atoms with E-state index < -0.39 is 0 Å². The van der Waals surface area contributed by atoms with Gasteiger partial charge in [0.05, 0.1) is 13.2 Å². The first kappa shape index (κ1) is 18.7. The first-order valence-electron chi connectivity index (χ1n) is 9.49. The van der Waals surface area contributed by atoms with Crippen LogP contribution in [-0.2, 0) is 6.42 Å². The third kappa shape index (κ3) is 3.31. The van der Waals surface area contributed by atoms with E-state index in [1.54, 1.807) is 7.11 Å². The number of fused-ring (bicyclic) bond motifs is 3. The zero-order valence-corrected chi connectivity index (χ0v) is 17.0. The number of nitrogens with one attached hydrogen (secondary N) is 2. The molecule has 3 aromatic rings. The Kier molecular flexibility index (Phi) is 4.94. The molecule has 1 aromatic heterocycles. The lowest BCUT2D eigenvalue weighted by Gasteiger charge is -2.36. The lowest BCUT2D eigenvalue weighted by Crippen LogP contribution is -2.47. The number of methoxy groups -OCH3 is 1. The van der Waals surface area contributed by atoms with Crippen LogP contribution in [0.15, 0.2) is 42.5 Å². The number of aromatic amines is 1. The summed E-state index contributed by atoms with van der Waals surface area (Å²) in [6.45, 7) is 4.59. The van der Waals surface area contributed by atoms with Gasteiger partial charge in [-0.3, -0.25) is 0 Å². The molecule has 2 heterocycles. The van der Waals surface area contributed by atoms with Crippen molar-refractivity contribution in [2.24, 2.45) is 0 Å². The molecule has 2 N–H and O–H groups in total. The largest absolute Gasteiger partial charge is 0.497 e. The number of hydrogen-bond donors (Lipinski definition) is 2. The van der Waals surface area contributed by atoms with E-state index in [0.717, 1.165) is 39.4 Å². The minimum absolute atomic E-state index is 0.0573. The summed E-state index contributed by atoms with van der Waals surface area (Å²) < 4.78 is 5.30. The molecule has 4 rings (SSSR count). The van der Waals surface area contributed by atoms with Gasteiger partial charge in [-0.15, -0.1) is 0 Å². The highest BCUT2D eigenvalue weighted by Crippen LogP contribution is 2.39. The zero-order valence-electron chi connectivity index (χ0n) is 16.3. The topological polar surface area (TPSA) is 57.4 Å². The van der Waals surface area contributed by atoms with Crippen molar-refractivity contribution in [1.29, 1.82) is 0 Å². The highest BCUT2D eigenvalue weighted by molar-refractivity contribution is 6.31. The summed E-state index contributed by atoms with van der Waals surface area (Å²) in [5.41, 5.74) is 4.36. The molecule has 2 aromatic carbocycles. The Labute approximate surface area is 169 Å². The highest BCUT2D eigenvalue weighted by Gasteiger charge is 2.34. The molecule has 5 nitrogen and oxygen atoms in total. The van der Waals surface area contributed by atoms with Crippen LogP contribution in [0.3, 0.4) is 0 Å². The Bertz CT molecular complexity index is 1010. The second-order valence-electron chi connectivity index (χ2n) is 7.43. The molecule has 146 valence electrons. The van der Waals surface area contributed by atoms with Crippen molar-refractivity contribution in [2.45, 2.75) is 32.4 Å². The molecule has 6 heteroatoms. The number of rotatable bonds is 3. The van der Waals surface area contributed by atoms with Gasteiger partial charge >= 0.3 is 6.03 Å². The number of hydrogen-bond acceptors (Lipinski definition) is 2. The van der Waals surface area contributed by atoms with Crippen LogP contribution >= 0.6 is 11.6 Å². The normalized spacial score (nSPS) is 16.3.